The molecule has 1 aromatic heterocycles. The van der Waals surface area contributed by atoms with Crippen LogP contribution in [0.4, 0.5) is 0 Å². The van der Waals surface area contributed by atoms with Crippen LogP contribution in [0.15, 0.2) is 23.1 Å². The van der Waals surface area contributed by atoms with Crippen molar-refractivity contribution in [3.05, 3.63) is 28.0 Å². The molecule has 1 aliphatic heterocycles. The van der Waals surface area contributed by atoms with Crippen LogP contribution >= 0.6 is 11.3 Å². The Labute approximate surface area is 85.4 Å². The number of imide groups is 1. The van der Waals surface area contributed by atoms with Crippen molar-refractivity contribution in [3.63, 3.8) is 0 Å². The molecule has 0 atom stereocenters. The minimum absolute atomic E-state index is 0.207. The minimum Gasteiger partial charge on any atom is -0.292 e. The van der Waals surface area contributed by atoms with Crippen molar-refractivity contribution in [2.75, 3.05) is 0 Å². The lowest BCUT2D eigenvalue weighted by molar-refractivity contribution is -0.124. The van der Waals surface area contributed by atoms with Crippen molar-refractivity contribution in [3.8, 4) is 0 Å². The van der Waals surface area contributed by atoms with Crippen LogP contribution in [-0.2, 0) is 9.59 Å². The second-order valence-corrected chi connectivity index (χ2v) is 4.08. The molecule has 0 aromatic carbocycles. The Morgan fingerprint density at radius 1 is 1.50 bits per heavy atom. The first-order valence-electron chi connectivity index (χ1n) is 4.26. The van der Waals surface area contributed by atoms with E-state index in [4.69, 9.17) is 0 Å². The number of rotatable bonds is 1. The van der Waals surface area contributed by atoms with E-state index in [2.05, 4.69) is 5.32 Å². The number of hydrogen-bond acceptors (Lipinski definition) is 3. The number of allylic oxidation sites excluding steroid dienone is 1. The van der Waals surface area contributed by atoms with E-state index in [0.717, 1.165) is 10.5 Å². The SMILES string of the molecule is C/C(=C1/CC(=O)NC1=O)c1cccs1. The van der Waals surface area contributed by atoms with E-state index in [1.54, 1.807) is 11.3 Å². The molecule has 2 rings (SSSR count). The zero-order chi connectivity index (χ0) is 10.1. The van der Waals surface area contributed by atoms with Gasteiger partial charge in [-0.25, -0.2) is 0 Å². The molecule has 1 N–H and O–H groups in total. The summed E-state index contributed by atoms with van der Waals surface area (Å²) in [6.07, 6.45) is 0.211. The van der Waals surface area contributed by atoms with Gasteiger partial charge in [-0.1, -0.05) is 6.07 Å². The summed E-state index contributed by atoms with van der Waals surface area (Å²) in [5.41, 5.74) is 1.50. The van der Waals surface area contributed by atoms with E-state index in [0.29, 0.717) is 5.57 Å². The molecule has 0 radical (unpaired) electrons. The Balaban J connectivity index is 2.41. The molecule has 0 spiro atoms. The van der Waals surface area contributed by atoms with E-state index in [1.165, 1.54) is 0 Å². The van der Waals surface area contributed by atoms with Gasteiger partial charge in [0, 0.05) is 10.5 Å². The number of carbonyl (C=O) groups excluding carboxylic acids is 2. The Kier molecular flexibility index (Phi) is 2.21. The van der Waals surface area contributed by atoms with Crippen LogP contribution in [0.1, 0.15) is 18.2 Å². The van der Waals surface area contributed by atoms with Gasteiger partial charge in [-0.05, 0) is 23.9 Å². The third kappa shape index (κ3) is 1.48. The van der Waals surface area contributed by atoms with Gasteiger partial charge in [0.25, 0.3) is 5.91 Å². The fourth-order valence-corrected chi connectivity index (χ4v) is 2.19. The molecule has 1 saturated heterocycles. The molecule has 72 valence electrons. The highest BCUT2D eigenvalue weighted by atomic mass is 32.1. The fraction of sp³-hybridized carbons (Fsp3) is 0.200. The molecule has 2 amide bonds. The summed E-state index contributed by atoms with van der Waals surface area (Å²) in [5, 5.41) is 4.23. The smallest absolute Gasteiger partial charge is 0.254 e. The van der Waals surface area contributed by atoms with Gasteiger partial charge >= 0.3 is 0 Å². The third-order valence-electron chi connectivity index (χ3n) is 2.21. The summed E-state index contributed by atoms with van der Waals surface area (Å²) in [5.74, 6) is -0.457. The highest BCUT2D eigenvalue weighted by Crippen LogP contribution is 2.26. The van der Waals surface area contributed by atoms with Crippen LogP contribution in [-0.4, -0.2) is 11.8 Å². The third-order valence-corrected chi connectivity index (χ3v) is 3.20. The van der Waals surface area contributed by atoms with Crippen molar-refractivity contribution in [2.24, 2.45) is 0 Å². The number of carbonyl (C=O) groups is 2. The van der Waals surface area contributed by atoms with Gasteiger partial charge in [-0.3, -0.25) is 14.9 Å². The highest BCUT2D eigenvalue weighted by Gasteiger charge is 2.26. The summed E-state index contributed by atoms with van der Waals surface area (Å²) in [4.78, 5) is 23.4. The molecule has 0 saturated carbocycles. The van der Waals surface area contributed by atoms with Crippen molar-refractivity contribution in [2.45, 2.75) is 13.3 Å². The predicted molar refractivity (Wildman–Crippen MR) is 54.7 cm³/mol. The van der Waals surface area contributed by atoms with Gasteiger partial charge in [-0.2, -0.15) is 0 Å². The van der Waals surface area contributed by atoms with Crippen LogP contribution in [0.2, 0.25) is 0 Å². The van der Waals surface area contributed by atoms with E-state index < -0.39 is 0 Å². The summed E-state index contributed by atoms with van der Waals surface area (Å²) >= 11 is 1.57. The quantitative estimate of drug-likeness (QED) is 0.561. The van der Waals surface area contributed by atoms with E-state index in [-0.39, 0.29) is 18.2 Å². The summed E-state index contributed by atoms with van der Waals surface area (Å²) < 4.78 is 0. The highest BCUT2D eigenvalue weighted by molar-refractivity contribution is 7.11. The van der Waals surface area contributed by atoms with Crippen LogP contribution in [0.25, 0.3) is 5.57 Å². The standard InChI is InChI=1S/C10H9NO2S/c1-6(8-3-2-4-14-8)7-5-9(12)11-10(7)13/h2-4H,5H2,1H3,(H,11,12,13)/b7-6+. The zero-order valence-corrected chi connectivity index (χ0v) is 8.48. The lowest BCUT2D eigenvalue weighted by Crippen LogP contribution is -2.19. The average Bonchev–Trinajstić information content (AvgIpc) is 2.73. The Morgan fingerprint density at radius 3 is 2.79 bits per heavy atom. The molecular formula is C10H9NO2S. The molecule has 14 heavy (non-hydrogen) atoms. The van der Waals surface area contributed by atoms with Gasteiger partial charge in [-0.15, -0.1) is 11.3 Å². The topological polar surface area (TPSA) is 46.2 Å². The van der Waals surface area contributed by atoms with Crippen molar-refractivity contribution in [1.29, 1.82) is 0 Å². The lowest BCUT2D eigenvalue weighted by atomic mass is 10.1. The largest absolute Gasteiger partial charge is 0.292 e. The van der Waals surface area contributed by atoms with Crippen LogP contribution in [0, 0.1) is 0 Å². The predicted octanol–water partition coefficient (Wildman–Crippen LogP) is 1.57. The summed E-state index contributed by atoms with van der Waals surface area (Å²) in [6.45, 7) is 1.87. The second kappa shape index (κ2) is 3.38. The molecule has 0 unspecified atom stereocenters. The van der Waals surface area contributed by atoms with Gasteiger partial charge in [0.15, 0.2) is 0 Å². The molecule has 0 bridgehead atoms. The molecule has 0 aliphatic carbocycles. The van der Waals surface area contributed by atoms with Crippen molar-refractivity contribution >= 4 is 28.7 Å². The monoisotopic (exact) mass is 207 g/mol. The first-order valence-corrected chi connectivity index (χ1v) is 5.14. The van der Waals surface area contributed by atoms with Gasteiger partial charge in [0.1, 0.15) is 0 Å². The average molecular weight is 207 g/mol. The van der Waals surface area contributed by atoms with Gasteiger partial charge in [0.2, 0.25) is 5.91 Å². The van der Waals surface area contributed by atoms with E-state index in [1.807, 2.05) is 24.4 Å². The number of nitrogens with one attached hydrogen (secondary N) is 1. The van der Waals surface area contributed by atoms with Crippen LogP contribution < -0.4 is 5.32 Å². The first kappa shape index (κ1) is 9.15. The number of thiophene rings is 1. The van der Waals surface area contributed by atoms with Gasteiger partial charge in [0.05, 0.1) is 6.42 Å². The maximum Gasteiger partial charge on any atom is 0.254 e. The first-order chi connectivity index (χ1) is 6.68. The Morgan fingerprint density at radius 2 is 2.29 bits per heavy atom. The van der Waals surface area contributed by atoms with Crippen molar-refractivity contribution in [1.82, 2.24) is 5.32 Å². The second-order valence-electron chi connectivity index (χ2n) is 3.13. The van der Waals surface area contributed by atoms with Crippen LogP contribution in [0.3, 0.4) is 0 Å². The Bertz CT molecular complexity index is 417. The normalized spacial score (nSPS) is 19.8. The van der Waals surface area contributed by atoms with E-state index in [9.17, 15) is 9.59 Å². The maximum atomic E-state index is 11.3. The maximum absolute atomic E-state index is 11.3. The fourth-order valence-electron chi connectivity index (χ4n) is 1.43. The zero-order valence-electron chi connectivity index (χ0n) is 7.66. The summed E-state index contributed by atoms with van der Waals surface area (Å²) in [6, 6.07) is 3.88. The molecular weight excluding hydrogens is 198 g/mol. The Hall–Kier alpha value is -1.42. The van der Waals surface area contributed by atoms with Crippen molar-refractivity contribution < 1.29 is 9.59 Å². The number of amides is 2. The number of hydrogen-bond donors (Lipinski definition) is 1. The molecule has 4 heteroatoms. The molecule has 3 nitrogen and oxygen atoms in total. The van der Waals surface area contributed by atoms with E-state index >= 15 is 0 Å². The minimum atomic E-state index is -0.249. The molecule has 1 fully saturated rings. The van der Waals surface area contributed by atoms with Gasteiger partial charge < -0.3 is 0 Å². The summed E-state index contributed by atoms with van der Waals surface area (Å²) in [7, 11) is 0. The molecule has 2 heterocycles. The molecule has 1 aromatic rings. The molecule has 1 aliphatic rings. The van der Waals surface area contributed by atoms with Crippen LogP contribution in [0.5, 0.6) is 0 Å². The lowest BCUT2D eigenvalue weighted by Gasteiger charge is -1.99.